The van der Waals surface area contributed by atoms with Gasteiger partial charge in [0.15, 0.2) is 0 Å². The molecule has 0 aromatic heterocycles. The summed E-state index contributed by atoms with van der Waals surface area (Å²) in [6.45, 7) is 3.67. The minimum atomic E-state index is 0. The molecule has 0 aromatic carbocycles. The summed E-state index contributed by atoms with van der Waals surface area (Å²) in [5.74, 6) is 0. The van der Waals surface area contributed by atoms with Crippen LogP contribution in [0.25, 0.3) is 5.73 Å². The van der Waals surface area contributed by atoms with Crippen LogP contribution in [0.15, 0.2) is 0 Å². The van der Waals surface area contributed by atoms with Crippen LogP contribution in [0, 0.1) is 0 Å². The van der Waals surface area contributed by atoms with Gasteiger partial charge in [-0.25, -0.2) is 0 Å². The van der Waals surface area contributed by atoms with Gasteiger partial charge in [-0.3, -0.25) is 0 Å². The molecule has 32 valence electrons. The summed E-state index contributed by atoms with van der Waals surface area (Å²) in [5.41, 5.74) is 6.58. The van der Waals surface area contributed by atoms with Crippen LogP contribution in [-0.4, -0.2) is 6.04 Å². The van der Waals surface area contributed by atoms with Crippen LogP contribution in [0.2, 0.25) is 0 Å². The fraction of sp³-hybridized carbons (Fsp3) is 1.00. The van der Waals surface area contributed by atoms with E-state index in [4.69, 9.17) is 5.73 Å². The maximum Gasteiger partial charge on any atom is 0 e. The normalized spacial score (nSPS) is 7.20. The van der Waals surface area contributed by atoms with E-state index in [1.54, 1.807) is 0 Å². The summed E-state index contributed by atoms with van der Waals surface area (Å²) >= 11 is 0. The maximum atomic E-state index is 6.58. The molecule has 1 N–H and O–H groups in total. The van der Waals surface area contributed by atoms with Gasteiger partial charge >= 0.3 is 0 Å². The van der Waals surface area contributed by atoms with Crippen LogP contribution in [-0.2, 0) is 21.1 Å². The second-order valence-corrected chi connectivity index (χ2v) is 1.15. The zero-order chi connectivity index (χ0) is 3.58. The SMILES string of the molecule is CC(C)[NH-].[Mo]. The zero-order valence-corrected chi connectivity index (χ0v) is 5.49. The molecule has 0 radical (unpaired) electrons. The summed E-state index contributed by atoms with van der Waals surface area (Å²) in [5, 5.41) is 0. The number of hydrogen-bond acceptors (Lipinski definition) is 0. The first-order chi connectivity index (χ1) is 1.73. The molecule has 0 rings (SSSR count). The van der Waals surface area contributed by atoms with Crippen molar-refractivity contribution in [2.45, 2.75) is 19.9 Å². The van der Waals surface area contributed by atoms with Gasteiger partial charge in [-0.15, -0.1) is 6.04 Å². The molecule has 2 heteroatoms. The number of rotatable bonds is 0. The van der Waals surface area contributed by atoms with Crippen molar-refractivity contribution in [1.29, 1.82) is 0 Å². The van der Waals surface area contributed by atoms with Crippen molar-refractivity contribution < 1.29 is 21.1 Å². The molecule has 0 unspecified atom stereocenters. The van der Waals surface area contributed by atoms with Crippen molar-refractivity contribution in [2.24, 2.45) is 0 Å². The van der Waals surface area contributed by atoms with Crippen LogP contribution in [0.3, 0.4) is 0 Å². The molecule has 0 atom stereocenters. The van der Waals surface area contributed by atoms with E-state index in [2.05, 4.69) is 0 Å². The van der Waals surface area contributed by atoms with Gasteiger partial charge in [0.05, 0.1) is 0 Å². The topological polar surface area (TPSA) is 23.8 Å². The van der Waals surface area contributed by atoms with Crippen molar-refractivity contribution in [2.75, 3.05) is 0 Å². The van der Waals surface area contributed by atoms with E-state index in [9.17, 15) is 0 Å². The van der Waals surface area contributed by atoms with E-state index in [-0.39, 0.29) is 27.1 Å². The Bertz CT molecular complexity index is 11.6. The van der Waals surface area contributed by atoms with E-state index in [1.807, 2.05) is 13.8 Å². The van der Waals surface area contributed by atoms with Crippen molar-refractivity contribution in [1.82, 2.24) is 0 Å². The Morgan fingerprint density at radius 2 is 1.40 bits per heavy atom. The number of nitrogens with one attached hydrogen (secondary N) is 1. The van der Waals surface area contributed by atoms with Gasteiger partial charge in [-0.2, -0.15) is 0 Å². The van der Waals surface area contributed by atoms with Gasteiger partial charge in [0.25, 0.3) is 0 Å². The molecule has 0 heterocycles. The second kappa shape index (κ2) is 4.65. The predicted molar refractivity (Wildman–Crippen MR) is 19.5 cm³/mol. The summed E-state index contributed by atoms with van der Waals surface area (Å²) < 4.78 is 0. The summed E-state index contributed by atoms with van der Waals surface area (Å²) in [4.78, 5) is 0. The second-order valence-electron chi connectivity index (χ2n) is 1.15. The first kappa shape index (κ1) is 9.17. The minimum absolute atomic E-state index is 0. The maximum absolute atomic E-state index is 6.58. The predicted octanol–water partition coefficient (Wildman–Crippen LogP) is 1.44. The Hall–Kier alpha value is 0.648. The summed E-state index contributed by atoms with van der Waals surface area (Å²) in [7, 11) is 0. The van der Waals surface area contributed by atoms with E-state index in [1.165, 1.54) is 0 Å². The zero-order valence-electron chi connectivity index (χ0n) is 3.49. The molecule has 0 aliphatic heterocycles. The van der Waals surface area contributed by atoms with Gasteiger partial charge in [0.2, 0.25) is 0 Å². The average molecular weight is 154 g/mol. The largest absolute Gasteiger partial charge is 0.675 e. The van der Waals surface area contributed by atoms with Gasteiger partial charge in [-0.05, 0) is 0 Å². The molecule has 5 heavy (non-hydrogen) atoms. The third kappa shape index (κ3) is 77.6. The molecule has 1 nitrogen and oxygen atoms in total. The van der Waals surface area contributed by atoms with Crippen molar-refractivity contribution in [3.05, 3.63) is 5.73 Å². The van der Waals surface area contributed by atoms with E-state index >= 15 is 0 Å². The van der Waals surface area contributed by atoms with Crippen molar-refractivity contribution >= 4 is 0 Å². The molecule has 0 amide bonds. The summed E-state index contributed by atoms with van der Waals surface area (Å²) in [6, 6.07) is 0.0833. The third-order valence-corrected chi connectivity index (χ3v) is 0. The monoisotopic (exact) mass is 156 g/mol. The van der Waals surface area contributed by atoms with Gasteiger partial charge < -0.3 is 5.73 Å². The fourth-order valence-electron chi connectivity index (χ4n) is 0. The average Bonchev–Trinajstić information content (AvgIpc) is 0.811. The van der Waals surface area contributed by atoms with Crippen molar-refractivity contribution in [3.63, 3.8) is 0 Å². The Morgan fingerprint density at radius 3 is 1.40 bits per heavy atom. The molecule has 0 bridgehead atoms. The van der Waals surface area contributed by atoms with Crippen LogP contribution in [0.4, 0.5) is 0 Å². The molecular weight excluding hydrogens is 146 g/mol. The molecule has 0 aliphatic carbocycles. The molecule has 0 saturated heterocycles. The van der Waals surface area contributed by atoms with Crippen LogP contribution in [0.5, 0.6) is 0 Å². The minimum Gasteiger partial charge on any atom is -0.675 e. The smallest absolute Gasteiger partial charge is 0 e. The van der Waals surface area contributed by atoms with Crippen molar-refractivity contribution in [3.8, 4) is 0 Å². The standard InChI is InChI=1S/C3H8N.Mo/c1-3(2)4;/h3-4H,1-2H3;/q-1;. The fourth-order valence-corrected chi connectivity index (χ4v) is 0. The Morgan fingerprint density at radius 1 is 1.40 bits per heavy atom. The number of hydrogen-bond donors (Lipinski definition) is 0. The molecule has 0 aliphatic rings. The van der Waals surface area contributed by atoms with Gasteiger partial charge in [0, 0.05) is 21.1 Å². The molecular formula is C3H8MoN-. The Kier molecular flexibility index (Phi) is 8.52. The molecule has 0 saturated carbocycles. The van der Waals surface area contributed by atoms with Crippen LogP contribution in [0.1, 0.15) is 13.8 Å². The van der Waals surface area contributed by atoms with E-state index in [0.717, 1.165) is 0 Å². The van der Waals surface area contributed by atoms with Gasteiger partial charge in [0.1, 0.15) is 0 Å². The van der Waals surface area contributed by atoms with E-state index in [0.29, 0.717) is 0 Å². The van der Waals surface area contributed by atoms with Crippen LogP contribution < -0.4 is 0 Å². The summed E-state index contributed by atoms with van der Waals surface area (Å²) in [6.07, 6.45) is 0. The molecule has 0 spiro atoms. The molecule has 0 aromatic rings. The quantitative estimate of drug-likeness (QED) is 0.471. The first-order valence-corrected chi connectivity index (χ1v) is 1.44. The van der Waals surface area contributed by atoms with Gasteiger partial charge in [-0.1, -0.05) is 13.8 Å². The third-order valence-electron chi connectivity index (χ3n) is 0. The first-order valence-electron chi connectivity index (χ1n) is 1.44. The Balaban J connectivity index is 0. The van der Waals surface area contributed by atoms with Crippen LogP contribution >= 0.6 is 0 Å². The molecule has 0 fully saturated rings. The Labute approximate surface area is 47.2 Å². The van der Waals surface area contributed by atoms with E-state index < -0.39 is 0 Å².